The first kappa shape index (κ1) is 18.2. The summed E-state index contributed by atoms with van der Waals surface area (Å²) in [5, 5.41) is 19.6. The number of aliphatic carboxylic acids is 1. The highest BCUT2D eigenvalue weighted by molar-refractivity contribution is 5.85. The molecule has 2 saturated carbocycles. The topological polar surface area (TPSA) is 83.8 Å². The lowest BCUT2D eigenvalue weighted by Gasteiger charge is -2.57. The van der Waals surface area contributed by atoms with Gasteiger partial charge < -0.3 is 14.9 Å². The summed E-state index contributed by atoms with van der Waals surface area (Å²) in [5.41, 5.74) is 1.00. The van der Waals surface area contributed by atoms with E-state index < -0.39 is 23.6 Å². The van der Waals surface area contributed by atoms with E-state index in [1.807, 2.05) is 6.92 Å². The number of hydrogen-bond donors (Lipinski definition) is 2. The Morgan fingerprint density at radius 3 is 2.72 bits per heavy atom. The van der Waals surface area contributed by atoms with Gasteiger partial charge >= 0.3 is 11.9 Å². The quantitative estimate of drug-likeness (QED) is 0.601. The van der Waals surface area contributed by atoms with Gasteiger partial charge in [-0.05, 0) is 62.7 Å². The van der Waals surface area contributed by atoms with Crippen molar-refractivity contribution in [2.24, 2.45) is 22.7 Å². The number of carboxylic acids is 1. The summed E-state index contributed by atoms with van der Waals surface area (Å²) < 4.78 is 4.76. The van der Waals surface area contributed by atoms with Crippen LogP contribution in [0.3, 0.4) is 0 Å². The van der Waals surface area contributed by atoms with Crippen LogP contribution in [0.1, 0.15) is 58.8 Å². The lowest BCUT2D eigenvalue weighted by molar-refractivity contribution is -0.164. The average Bonchev–Trinajstić information content (AvgIpc) is 2.84. The molecule has 1 heterocycles. The fraction of sp³-hybridized carbons (Fsp3) is 0.700. The standard InChI is InChI=1S/C20H28O5/c1-12-5-8-15-19(2,9-4-10-20(15,3)18(23)24)14(12)7-6-13-11-16(21)25-17(13)22/h11,14-15,17,22H,1,4-10H2,2-3H3,(H,23,24)/t14-,15+,17-,19+,20-/m0/s1. The normalized spacial score (nSPS) is 41.1. The third-order valence-electron chi connectivity index (χ3n) is 7.08. The highest BCUT2D eigenvalue weighted by atomic mass is 16.6. The van der Waals surface area contributed by atoms with Crippen LogP contribution in [-0.4, -0.2) is 28.4 Å². The summed E-state index contributed by atoms with van der Waals surface area (Å²) in [6, 6.07) is 0. The molecule has 5 heteroatoms. The molecule has 2 aliphatic carbocycles. The number of aliphatic hydroxyl groups is 1. The minimum atomic E-state index is -1.14. The van der Waals surface area contributed by atoms with Crippen molar-refractivity contribution in [1.29, 1.82) is 0 Å². The smallest absolute Gasteiger partial charge is 0.333 e. The molecule has 0 bridgehead atoms. The highest BCUT2D eigenvalue weighted by Crippen LogP contribution is 2.62. The molecule has 0 saturated heterocycles. The fourth-order valence-corrected chi connectivity index (χ4v) is 5.69. The van der Waals surface area contributed by atoms with Crippen molar-refractivity contribution in [3.8, 4) is 0 Å². The number of aliphatic hydroxyl groups excluding tert-OH is 1. The highest BCUT2D eigenvalue weighted by Gasteiger charge is 2.57. The first-order valence-corrected chi connectivity index (χ1v) is 9.18. The summed E-state index contributed by atoms with van der Waals surface area (Å²) in [6.07, 6.45) is 5.94. The molecule has 0 aromatic carbocycles. The molecule has 138 valence electrons. The number of cyclic esters (lactones) is 1. The Morgan fingerprint density at radius 2 is 2.12 bits per heavy atom. The maximum atomic E-state index is 12.0. The van der Waals surface area contributed by atoms with E-state index in [9.17, 15) is 19.8 Å². The molecule has 0 radical (unpaired) electrons. The van der Waals surface area contributed by atoms with Crippen LogP contribution in [0.15, 0.2) is 23.8 Å². The van der Waals surface area contributed by atoms with E-state index >= 15 is 0 Å². The third kappa shape index (κ3) is 2.92. The molecule has 2 fully saturated rings. The van der Waals surface area contributed by atoms with E-state index in [2.05, 4.69) is 13.5 Å². The Bertz CT molecular complexity index is 636. The summed E-state index contributed by atoms with van der Waals surface area (Å²) in [4.78, 5) is 23.3. The van der Waals surface area contributed by atoms with Crippen LogP contribution in [0, 0.1) is 22.7 Å². The number of carboxylic acid groups (broad SMARTS) is 1. The zero-order valence-corrected chi connectivity index (χ0v) is 15.1. The van der Waals surface area contributed by atoms with Crippen molar-refractivity contribution in [3.05, 3.63) is 23.8 Å². The molecule has 0 unspecified atom stereocenters. The first-order chi connectivity index (χ1) is 11.7. The lowest BCUT2D eigenvalue weighted by atomic mass is 9.46. The lowest BCUT2D eigenvalue weighted by Crippen LogP contribution is -2.53. The monoisotopic (exact) mass is 348 g/mol. The summed E-state index contributed by atoms with van der Waals surface area (Å²) in [7, 11) is 0. The van der Waals surface area contributed by atoms with Gasteiger partial charge in [-0.3, -0.25) is 4.79 Å². The Kier molecular flexibility index (Phi) is 4.56. The van der Waals surface area contributed by atoms with Gasteiger partial charge in [0.05, 0.1) is 5.41 Å². The number of carbonyl (C=O) groups excluding carboxylic acids is 1. The molecule has 2 N–H and O–H groups in total. The Morgan fingerprint density at radius 1 is 1.40 bits per heavy atom. The van der Waals surface area contributed by atoms with Crippen LogP contribution in [0.5, 0.6) is 0 Å². The number of ether oxygens (including phenoxy) is 1. The van der Waals surface area contributed by atoms with Gasteiger partial charge in [0.25, 0.3) is 0 Å². The maximum absolute atomic E-state index is 12.0. The van der Waals surface area contributed by atoms with Gasteiger partial charge in [0, 0.05) is 11.6 Å². The van der Waals surface area contributed by atoms with Crippen LogP contribution >= 0.6 is 0 Å². The molecule has 3 aliphatic rings. The van der Waals surface area contributed by atoms with Gasteiger partial charge in [0.2, 0.25) is 6.29 Å². The summed E-state index contributed by atoms with van der Waals surface area (Å²) in [6.45, 7) is 8.39. The summed E-state index contributed by atoms with van der Waals surface area (Å²) >= 11 is 0. The van der Waals surface area contributed by atoms with Crippen LogP contribution in [0.25, 0.3) is 0 Å². The van der Waals surface area contributed by atoms with Crippen molar-refractivity contribution >= 4 is 11.9 Å². The van der Waals surface area contributed by atoms with Gasteiger partial charge in [-0.25, -0.2) is 4.79 Å². The molecule has 5 nitrogen and oxygen atoms in total. The molecule has 0 amide bonds. The van der Waals surface area contributed by atoms with Gasteiger partial charge in [0.1, 0.15) is 0 Å². The second-order valence-electron chi connectivity index (χ2n) is 8.43. The third-order valence-corrected chi connectivity index (χ3v) is 7.08. The number of carbonyl (C=O) groups is 2. The van der Waals surface area contributed by atoms with Gasteiger partial charge in [0.15, 0.2) is 0 Å². The zero-order valence-electron chi connectivity index (χ0n) is 15.1. The second kappa shape index (κ2) is 6.27. The van der Waals surface area contributed by atoms with Crippen molar-refractivity contribution in [3.63, 3.8) is 0 Å². The minimum Gasteiger partial charge on any atom is -0.481 e. The fourth-order valence-electron chi connectivity index (χ4n) is 5.69. The first-order valence-electron chi connectivity index (χ1n) is 9.18. The molecular formula is C20H28O5. The molecule has 25 heavy (non-hydrogen) atoms. The SMILES string of the molecule is C=C1CC[C@@H]2[C@](C)(CCC[C@]2(C)C(=O)O)[C@H]1CCC1=CC(=O)O[C@@H]1O. The Labute approximate surface area is 148 Å². The van der Waals surface area contributed by atoms with Crippen molar-refractivity contribution in [2.45, 2.75) is 65.1 Å². The van der Waals surface area contributed by atoms with Gasteiger partial charge in [-0.2, -0.15) is 0 Å². The van der Waals surface area contributed by atoms with Crippen molar-refractivity contribution < 1.29 is 24.5 Å². The van der Waals surface area contributed by atoms with E-state index in [0.29, 0.717) is 12.0 Å². The van der Waals surface area contributed by atoms with Gasteiger partial charge in [-0.15, -0.1) is 0 Å². The van der Waals surface area contributed by atoms with Crippen molar-refractivity contribution in [2.75, 3.05) is 0 Å². The number of allylic oxidation sites excluding steroid dienone is 1. The second-order valence-corrected chi connectivity index (χ2v) is 8.43. The largest absolute Gasteiger partial charge is 0.481 e. The molecule has 1 aliphatic heterocycles. The van der Waals surface area contributed by atoms with Crippen LogP contribution < -0.4 is 0 Å². The summed E-state index contributed by atoms with van der Waals surface area (Å²) in [5.74, 6) is -0.857. The van der Waals surface area contributed by atoms with E-state index in [4.69, 9.17) is 4.74 Å². The van der Waals surface area contributed by atoms with Crippen LogP contribution in [0.4, 0.5) is 0 Å². The van der Waals surface area contributed by atoms with Crippen LogP contribution in [-0.2, 0) is 14.3 Å². The Balaban J connectivity index is 1.83. The molecule has 3 rings (SSSR count). The number of esters is 1. The van der Waals surface area contributed by atoms with E-state index in [0.717, 1.165) is 38.5 Å². The molecule has 0 aromatic rings. The van der Waals surface area contributed by atoms with E-state index in [-0.39, 0.29) is 17.3 Å². The van der Waals surface area contributed by atoms with Gasteiger partial charge in [-0.1, -0.05) is 25.5 Å². The van der Waals surface area contributed by atoms with E-state index in [1.165, 1.54) is 11.6 Å². The average molecular weight is 348 g/mol. The molecular weight excluding hydrogens is 320 g/mol. The molecule has 0 aromatic heterocycles. The maximum Gasteiger partial charge on any atom is 0.333 e. The molecule has 5 atom stereocenters. The van der Waals surface area contributed by atoms with Crippen molar-refractivity contribution in [1.82, 2.24) is 0 Å². The van der Waals surface area contributed by atoms with E-state index in [1.54, 1.807) is 0 Å². The predicted molar refractivity (Wildman–Crippen MR) is 92.5 cm³/mol. The number of hydrogen-bond acceptors (Lipinski definition) is 4. The number of fused-ring (bicyclic) bond motifs is 1. The number of rotatable bonds is 4. The minimum absolute atomic E-state index is 0.101. The Hall–Kier alpha value is -1.62. The van der Waals surface area contributed by atoms with Crippen LogP contribution in [0.2, 0.25) is 0 Å². The predicted octanol–water partition coefficient (Wildman–Crippen LogP) is 3.43. The zero-order chi connectivity index (χ0) is 18.4. The molecule has 0 spiro atoms.